The minimum Gasteiger partial charge on any atom is -0.352 e. The van der Waals surface area contributed by atoms with Crippen molar-refractivity contribution in [3.63, 3.8) is 0 Å². The number of carbonyl (C=O) groups excluding carboxylic acids is 1. The lowest BCUT2D eigenvalue weighted by Gasteiger charge is -2.34. The molecule has 0 aliphatic carbocycles. The minimum atomic E-state index is 0.136. The van der Waals surface area contributed by atoms with E-state index in [-0.39, 0.29) is 17.9 Å². The number of carbonyl (C=O) groups is 1. The lowest BCUT2D eigenvalue weighted by Crippen LogP contribution is -2.45. The molecule has 0 saturated carbocycles. The first-order chi connectivity index (χ1) is 11.5. The Morgan fingerprint density at radius 1 is 1.17 bits per heavy atom. The summed E-state index contributed by atoms with van der Waals surface area (Å²) in [6.07, 6.45) is 4.06. The van der Waals surface area contributed by atoms with E-state index in [0.29, 0.717) is 6.04 Å². The van der Waals surface area contributed by atoms with Gasteiger partial charge >= 0.3 is 0 Å². The van der Waals surface area contributed by atoms with E-state index < -0.39 is 0 Å². The summed E-state index contributed by atoms with van der Waals surface area (Å²) in [6, 6.07) is 11.2. The van der Waals surface area contributed by atoms with E-state index in [1.807, 2.05) is 0 Å². The zero-order chi connectivity index (χ0) is 17.1. The van der Waals surface area contributed by atoms with Gasteiger partial charge in [0, 0.05) is 36.3 Å². The summed E-state index contributed by atoms with van der Waals surface area (Å²) >= 11 is 0. The molecule has 2 heterocycles. The van der Waals surface area contributed by atoms with Crippen LogP contribution in [-0.2, 0) is 11.3 Å². The molecule has 1 atom stereocenters. The fourth-order valence-electron chi connectivity index (χ4n) is 3.68. The summed E-state index contributed by atoms with van der Waals surface area (Å²) in [7, 11) is 0. The molecular weight excluding hydrogens is 298 g/mol. The van der Waals surface area contributed by atoms with Gasteiger partial charge in [0.25, 0.3) is 0 Å². The van der Waals surface area contributed by atoms with Crippen LogP contribution in [0.4, 0.5) is 0 Å². The van der Waals surface area contributed by atoms with Crippen LogP contribution in [0.2, 0.25) is 0 Å². The van der Waals surface area contributed by atoms with Crippen LogP contribution >= 0.6 is 0 Å². The van der Waals surface area contributed by atoms with Gasteiger partial charge < -0.3 is 14.8 Å². The Balaban J connectivity index is 1.53. The van der Waals surface area contributed by atoms with Gasteiger partial charge in [-0.2, -0.15) is 0 Å². The van der Waals surface area contributed by atoms with Gasteiger partial charge in [0.2, 0.25) is 5.91 Å². The van der Waals surface area contributed by atoms with Crippen molar-refractivity contribution >= 4 is 16.8 Å². The van der Waals surface area contributed by atoms with E-state index in [0.717, 1.165) is 32.5 Å². The van der Waals surface area contributed by atoms with E-state index in [9.17, 15) is 4.79 Å². The number of benzene rings is 1. The molecule has 1 aliphatic heterocycles. The summed E-state index contributed by atoms with van der Waals surface area (Å²) in [5.41, 5.74) is 1.23. The maximum absolute atomic E-state index is 12.5. The van der Waals surface area contributed by atoms with Gasteiger partial charge in [0.15, 0.2) is 0 Å². The highest BCUT2D eigenvalue weighted by Crippen LogP contribution is 2.20. The van der Waals surface area contributed by atoms with Gasteiger partial charge in [-0.05, 0) is 64.2 Å². The number of nitrogens with zero attached hydrogens (tertiary/aromatic N) is 2. The zero-order valence-electron chi connectivity index (χ0n) is 15.0. The molecule has 4 heteroatoms. The number of nitrogens with one attached hydrogen (secondary N) is 1. The normalized spacial score (nSPS) is 18.2. The molecule has 0 unspecified atom stereocenters. The Bertz CT molecular complexity index is 683. The molecule has 1 amide bonds. The van der Waals surface area contributed by atoms with Crippen LogP contribution in [0.1, 0.15) is 33.6 Å². The van der Waals surface area contributed by atoms with Gasteiger partial charge in [-0.1, -0.05) is 18.2 Å². The van der Waals surface area contributed by atoms with Crippen molar-refractivity contribution in [1.29, 1.82) is 0 Å². The quantitative estimate of drug-likeness (QED) is 0.915. The number of hydrogen-bond donors (Lipinski definition) is 1. The summed E-state index contributed by atoms with van der Waals surface area (Å²) in [6.45, 7) is 9.42. The number of amides is 1. The maximum Gasteiger partial charge on any atom is 0.223 e. The molecule has 2 aromatic rings. The molecule has 1 aromatic carbocycles. The predicted molar refractivity (Wildman–Crippen MR) is 99.0 cm³/mol. The number of para-hydroxylation sites is 1. The molecule has 1 saturated heterocycles. The van der Waals surface area contributed by atoms with Crippen LogP contribution in [0, 0.1) is 5.92 Å². The molecule has 24 heavy (non-hydrogen) atoms. The molecule has 0 bridgehead atoms. The fourth-order valence-corrected chi connectivity index (χ4v) is 3.68. The molecule has 0 radical (unpaired) electrons. The Morgan fingerprint density at radius 2 is 1.88 bits per heavy atom. The van der Waals surface area contributed by atoms with Gasteiger partial charge in [-0.3, -0.25) is 4.79 Å². The first kappa shape index (κ1) is 17.0. The standard InChI is InChI=1S/C20H29N3O/c1-15(2)22-11-9-18(10-12-22)20(24)21-16(3)14-23-13-8-17-6-4-5-7-19(17)23/h4-8,13,15-16,18H,9-12,14H2,1-3H3,(H,21,24)/t16-/m1/s1. The van der Waals surface area contributed by atoms with Crippen LogP contribution in [0.15, 0.2) is 36.5 Å². The average Bonchev–Trinajstić information content (AvgIpc) is 2.98. The van der Waals surface area contributed by atoms with Crippen LogP contribution < -0.4 is 5.32 Å². The minimum absolute atomic E-state index is 0.136. The molecule has 0 spiro atoms. The maximum atomic E-state index is 12.5. The second-order valence-electron chi connectivity index (χ2n) is 7.34. The van der Waals surface area contributed by atoms with Crippen molar-refractivity contribution in [2.24, 2.45) is 5.92 Å². The molecule has 4 nitrogen and oxygen atoms in total. The third-order valence-corrected chi connectivity index (χ3v) is 5.17. The lowest BCUT2D eigenvalue weighted by molar-refractivity contribution is -0.127. The van der Waals surface area contributed by atoms with Crippen molar-refractivity contribution in [3.8, 4) is 0 Å². The Hall–Kier alpha value is -1.81. The zero-order valence-corrected chi connectivity index (χ0v) is 15.0. The van der Waals surface area contributed by atoms with E-state index >= 15 is 0 Å². The summed E-state index contributed by atoms with van der Waals surface area (Å²) < 4.78 is 2.22. The topological polar surface area (TPSA) is 37.3 Å². The molecule has 130 valence electrons. The van der Waals surface area contributed by atoms with Gasteiger partial charge in [0.1, 0.15) is 0 Å². The highest BCUT2D eigenvalue weighted by atomic mass is 16.1. The number of likely N-dealkylation sites (tertiary alicyclic amines) is 1. The second kappa shape index (κ2) is 7.39. The van der Waals surface area contributed by atoms with Crippen LogP contribution in [-0.4, -0.2) is 40.5 Å². The molecule has 3 rings (SSSR count). The Morgan fingerprint density at radius 3 is 2.58 bits per heavy atom. The first-order valence-electron chi connectivity index (χ1n) is 9.13. The molecule has 1 aliphatic rings. The van der Waals surface area contributed by atoms with Crippen molar-refractivity contribution in [3.05, 3.63) is 36.5 Å². The van der Waals surface area contributed by atoms with E-state index in [1.165, 1.54) is 10.9 Å². The van der Waals surface area contributed by atoms with Crippen molar-refractivity contribution < 1.29 is 4.79 Å². The Kier molecular flexibility index (Phi) is 5.24. The number of piperidine rings is 1. The number of aromatic nitrogens is 1. The third-order valence-electron chi connectivity index (χ3n) is 5.17. The number of rotatable bonds is 5. The largest absolute Gasteiger partial charge is 0.352 e. The van der Waals surface area contributed by atoms with Crippen molar-refractivity contribution in [2.45, 2.75) is 52.2 Å². The summed E-state index contributed by atoms with van der Waals surface area (Å²) in [4.78, 5) is 15.0. The van der Waals surface area contributed by atoms with E-state index in [1.54, 1.807) is 0 Å². The number of hydrogen-bond acceptors (Lipinski definition) is 2. The second-order valence-corrected chi connectivity index (χ2v) is 7.34. The third kappa shape index (κ3) is 3.81. The predicted octanol–water partition coefficient (Wildman–Crippen LogP) is 3.27. The van der Waals surface area contributed by atoms with Gasteiger partial charge in [-0.25, -0.2) is 0 Å². The average molecular weight is 327 g/mol. The SMILES string of the molecule is CC(C)N1CCC(C(=O)N[C@H](C)Cn2ccc3ccccc32)CC1. The Labute approximate surface area is 144 Å². The van der Waals surface area contributed by atoms with Crippen molar-refractivity contribution in [2.75, 3.05) is 13.1 Å². The van der Waals surface area contributed by atoms with E-state index in [4.69, 9.17) is 0 Å². The summed E-state index contributed by atoms with van der Waals surface area (Å²) in [5, 5.41) is 4.47. The monoisotopic (exact) mass is 327 g/mol. The highest BCUT2D eigenvalue weighted by Gasteiger charge is 2.26. The smallest absolute Gasteiger partial charge is 0.223 e. The fraction of sp³-hybridized carbons (Fsp3) is 0.550. The van der Waals surface area contributed by atoms with Crippen LogP contribution in [0.25, 0.3) is 10.9 Å². The van der Waals surface area contributed by atoms with E-state index in [2.05, 4.69) is 72.1 Å². The van der Waals surface area contributed by atoms with Crippen molar-refractivity contribution in [1.82, 2.24) is 14.8 Å². The lowest BCUT2D eigenvalue weighted by atomic mass is 9.95. The first-order valence-corrected chi connectivity index (χ1v) is 9.13. The summed E-state index contributed by atoms with van der Waals surface area (Å²) in [5.74, 6) is 0.395. The van der Waals surface area contributed by atoms with Gasteiger partial charge in [0.05, 0.1) is 0 Å². The highest BCUT2D eigenvalue weighted by molar-refractivity contribution is 5.80. The molecule has 1 fully saturated rings. The van der Waals surface area contributed by atoms with Crippen LogP contribution in [0.3, 0.4) is 0 Å². The van der Waals surface area contributed by atoms with Gasteiger partial charge in [-0.15, -0.1) is 0 Å². The number of fused-ring (bicyclic) bond motifs is 1. The molecular formula is C20H29N3O. The van der Waals surface area contributed by atoms with Crippen LogP contribution in [0.5, 0.6) is 0 Å². The molecule has 1 aromatic heterocycles. The molecule has 1 N–H and O–H groups in total.